The molecule has 1 unspecified atom stereocenters. The molecule has 1 aliphatic heterocycles. The van der Waals surface area contributed by atoms with Crippen LogP contribution in [0.25, 0.3) is 11.0 Å². The van der Waals surface area contributed by atoms with E-state index in [0.717, 1.165) is 29.9 Å². The van der Waals surface area contributed by atoms with Crippen molar-refractivity contribution in [1.29, 1.82) is 0 Å². The van der Waals surface area contributed by atoms with Crippen molar-refractivity contribution in [2.45, 2.75) is 19.3 Å². The number of rotatable bonds is 1. The summed E-state index contributed by atoms with van der Waals surface area (Å²) >= 11 is 0. The summed E-state index contributed by atoms with van der Waals surface area (Å²) in [6.45, 7) is 4.27. The standard InChI is InChI=1S/C12H15N3.2ClH/c1-8-2-3-10-11(6-8)15-12(14-10)9-4-5-13-7-9;;/h2-3,6,9,13H,4-5,7H2,1H3,(H,14,15);2*1H. The fourth-order valence-electron chi connectivity index (χ4n) is 2.22. The van der Waals surface area contributed by atoms with Gasteiger partial charge in [0.25, 0.3) is 0 Å². The topological polar surface area (TPSA) is 40.7 Å². The van der Waals surface area contributed by atoms with Crippen molar-refractivity contribution in [1.82, 2.24) is 15.3 Å². The Balaban J connectivity index is 0.000000722. The number of H-pyrrole nitrogens is 1. The molecule has 1 fully saturated rings. The lowest BCUT2D eigenvalue weighted by Crippen LogP contribution is -2.08. The van der Waals surface area contributed by atoms with Crippen molar-refractivity contribution in [2.75, 3.05) is 13.1 Å². The van der Waals surface area contributed by atoms with Crippen molar-refractivity contribution < 1.29 is 0 Å². The summed E-state index contributed by atoms with van der Waals surface area (Å²) in [5, 5.41) is 3.37. The summed E-state index contributed by atoms with van der Waals surface area (Å²) in [5.41, 5.74) is 3.53. The van der Waals surface area contributed by atoms with Crippen LogP contribution in [-0.4, -0.2) is 23.1 Å². The van der Waals surface area contributed by atoms with E-state index in [4.69, 9.17) is 0 Å². The minimum Gasteiger partial charge on any atom is -0.342 e. The van der Waals surface area contributed by atoms with Crippen LogP contribution in [0.2, 0.25) is 0 Å². The summed E-state index contributed by atoms with van der Waals surface area (Å²) in [6.07, 6.45) is 1.19. The van der Waals surface area contributed by atoms with E-state index >= 15 is 0 Å². The maximum Gasteiger partial charge on any atom is 0.111 e. The Hall–Kier alpha value is -0.770. The van der Waals surface area contributed by atoms with Crippen molar-refractivity contribution in [2.24, 2.45) is 0 Å². The van der Waals surface area contributed by atoms with Crippen LogP contribution < -0.4 is 5.32 Å². The minimum atomic E-state index is 0. The van der Waals surface area contributed by atoms with Crippen LogP contribution in [0.4, 0.5) is 0 Å². The third-order valence-electron chi connectivity index (χ3n) is 3.10. The van der Waals surface area contributed by atoms with Crippen molar-refractivity contribution in [3.8, 4) is 0 Å². The minimum absolute atomic E-state index is 0. The van der Waals surface area contributed by atoms with Gasteiger partial charge in [0.2, 0.25) is 0 Å². The molecule has 5 heteroatoms. The van der Waals surface area contributed by atoms with Gasteiger partial charge in [-0.25, -0.2) is 4.98 Å². The fraction of sp³-hybridized carbons (Fsp3) is 0.417. The molecule has 17 heavy (non-hydrogen) atoms. The lowest BCUT2D eigenvalue weighted by Gasteiger charge is -2.01. The first-order valence-corrected chi connectivity index (χ1v) is 5.50. The highest BCUT2D eigenvalue weighted by atomic mass is 35.5. The van der Waals surface area contributed by atoms with E-state index in [9.17, 15) is 0 Å². The number of fused-ring (bicyclic) bond motifs is 1. The number of imidazole rings is 1. The van der Waals surface area contributed by atoms with Crippen LogP contribution >= 0.6 is 24.8 Å². The zero-order valence-corrected chi connectivity index (χ0v) is 11.3. The number of halogens is 2. The van der Waals surface area contributed by atoms with Gasteiger partial charge in [0.1, 0.15) is 5.82 Å². The van der Waals surface area contributed by atoms with Crippen LogP contribution in [0.5, 0.6) is 0 Å². The summed E-state index contributed by atoms with van der Waals surface area (Å²) in [7, 11) is 0. The van der Waals surface area contributed by atoms with Crippen molar-refractivity contribution >= 4 is 35.8 Å². The third-order valence-corrected chi connectivity index (χ3v) is 3.10. The number of nitrogens with one attached hydrogen (secondary N) is 2. The van der Waals surface area contributed by atoms with Gasteiger partial charge < -0.3 is 10.3 Å². The molecular formula is C12H17Cl2N3. The van der Waals surface area contributed by atoms with Gasteiger partial charge in [-0.2, -0.15) is 0 Å². The van der Waals surface area contributed by atoms with E-state index < -0.39 is 0 Å². The van der Waals surface area contributed by atoms with Gasteiger partial charge in [0.05, 0.1) is 11.0 Å². The molecule has 0 aliphatic carbocycles. The first-order valence-electron chi connectivity index (χ1n) is 5.50. The van der Waals surface area contributed by atoms with Gasteiger partial charge in [-0.3, -0.25) is 0 Å². The summed E-state index contributed by atoms with van der Waals surface area (Å²) in [6, 6.07) is 6.36. The van der Waals surface area contributed by atoms with Crippen molar-refractivity contribution in [3.63, 3.8) is 0 Å². The number of aromatic nitrogens is 2. The molecule has 3 nitrogen and oxygen atoms in total. The molecule has 94 valence electrons. The average Bonchev–Trinajstić information content (AvgIpc) is 2.84. The highest BCUT2D eigenvalue weighted by molar-refractivity contribution is 5.85. The molecule has 2 N–H and O–H groups in total. The first-order chi connectivity index (χ1) is 7.33. The summed E-state index contributed by atoms with van der Waals surface area (Å²) in [5.74, 6) is 1.71. The molecular weight excluding hydrogens is 257 g/mol. The second-order valence-electron chi connectivity index (χ2n) is 4.33. The van der Waals surface area contributed by atoms with Crippen LogP contribution in [0.3, 0.4) is 0 Å². The fourth-order valence-corrected chi connectivity index (χ4v) is 2.22. The summed E-state index contributed by atoms with van der Waals surface area (Å²) < 4.78 is 0. The van der Waals surface area contributed by atoms with E-state index in [0.29, 0.717) is 5.92 Å². The SMILES string of the molecule is Cc1ccc2nc(C3CCNC3)[nH]c2c1.Cl.Cl. The van der Waals surface area contributed by atoms with E-state index in [1.807, 2.05) is 0 Å². The van der Waals surface area contributed by atoms with E-state index in [2.05, 4.69) is 40.4 Å². The molecule has 1 aromatic carbocycles. The Labute approximate surface area is 113 Å². The summed E-state index contributed by atoms with van der Waals surface area (Å²) in [4.78, 5) is 8.07. The van der Waals surface area contributed by atoms with E-state index in [1.165, 1.54) is 12.0 Å². The third kappa shape index (κ3) is 2.73. The predicted octanol–water partition coefficient (Wildman–Crippen LogP) is 2.79. The Morgan fingerprint density at radius 2 is 2.12 bits per heavy atom. The molecule has 0 saturated carbocycles. The van der Waals surface area contributed by atoms with E-state index in [1.54, 1.807) is 0 Å². The monoisotopic (exact) mass is 273 g/mol. The Bertz CT molecular complexity index is 489. The molecule has 0 spiro atoms. The number of hydrogen-bond acceptors (Lipinski definition) is 2. The Morgan fingerprint density at radius 3 is 2.82 bits per heavy atom. The zero-order valence-electron chi connectivity index (χ0n) is 9.69. The smallest absolute Gasteiger partial charge is 0.111 e. The normalized spacial score (nSPS) is 18.8. The highest BCUT2D eigenvalue weighted by Gasteiger charge is 2.19. The molecule has 2 aromatic rings. The van der Waals surface area contributed by atoms with Gasteiger partial charge in [-0.1, -0.05) is 6.07 Å². The van der Waals surface area contributed by atoms with Crippen LogP contribution in [-0.2, 0) is 0 Å². The van der Waals surface area contributed by atoms with Crippen LogP contribution in [0.15, 0.2) is 18.2 Å². The number of aryl methyl sites for hydroxylation is 1. The number of benzene rings is 1. The number of aromatic amines is 1. The molecule has 0 radical (unpaired) electrons. The van der Waals surface area contributed by atoms with Crippen LogP contribution in [0, 0.1) is 6.92 Å². The maximum absolute atomic E-state index is 4.64. The molecule has 0 amide bonds. The van der Waals surface area contributed by atoms with E-state index in [-0.39, 0.29) is 24.8 Å². The van der Waals surface area contributed by atoms with Gasteiger partial charge in [-0.15, -0.1) is 24.8 Å². The lowest BCUT2D eigenvalue weighted by molar-refractivity contribution is 0.717. The lowest BCUT2D eigenvalue weighted by atomic mass is 10.1. The highest BCUT2D eigenvalue weighted by Crippen LogP contribution is 2.22. The van der Waals surface area contributed by atoms with Gasteiger partial charge >= 0.3 is 0 Å². The second-order valence-corrected chi connectivity index (χ2v) is 4.33. The molecule has 1 saturated heterocycles. The Kier molecular flexibility index (Phi) is 4.80. The van der Waals surface area contributed by atoms with Crippen molar-refractivity contribution in [3.05, 3.63) is 29.6 Å². The quantitative estimate of drug-likeness (QED) is 0.839. The molecule has 2 heterocycles. The molecule has 1 aliphatic rings. The maximum atomic E-state index is 4.64. The Morgan fingerprint density at radius 1 is 1.29 bits per heavy atom. The average molecular weight is 274 g/mol. The molecule has 1 atom stereocenters. The molecule has 3 rings (SSSR count). The molecule has 0 bridgehead atoms. The van der Waals surface area contributed by atoms with Gasteiger partial charge in [0.15, 0.2) is 0 Å². The first kappa shape index (κ1) is 14.3. The predicted molar refractivity (Wildman–Crippen MR) is 75.6 cm³/mol. The van der Waals surface area contributed by atoms with Gasteiger partial charge in [-0.05, 0) is 37.6 Å². The second kappa shape index (κ2) is 5.71. The largest absolute Gasteiger partial charge is 0.342 e. The number of hydrogen-bond donors (Lipinski definition) is 2. The number of nitrogens with zero attached hydrogens (tertiary/aromatic N) is 1. The molecule has 1 aromatic heterocycles. The van der Waals surface area contributed by atoms with Crippen LogP contribution in [0.1, 0.15) is 23.7 Å². The zero-order chi connectivity index (χ0) is 10.3. The van der Waals surface area contributed by atoms with Gasteiger partial charge in [0, 0.05) is 12.5 Å².